The minimum atomic E-state index is -0.547. The van der Waals surface area contributed by atoms with Gasteiger partial charge in [0, 0.05) is 13.8 Å². The zero-order valence-corrected chi connectivity index (χ0v) is 13.9. The molecule has 0 saturated carbocycles. The third kappa shape index (κ3) is 6.10. The lowest BCUT2D eigenvalue weighted by Crippen LogP contribution is -2.14. The largest absolute Gasteiger partial charge is 0.465 e. The van der Waals surface area contributed by atoms with Gasteiger partial charge in [0.15, 0.2) is 11.5 Å². The average Bonchev–Trinajstić information content (AvgIpc) is 2.47. The highest BCUT2D eigenvalue weighted by molar-refractivity contribution is 5.79. The molecule has 6 nitrogen and oxygen atoms in total. The standard InChI is InChI=1S/C17H22O6/c1-5-6-9-21-17(20)11(2)14-7-8-15(22-12(3)18)16(10-14)23-13(4)19/h7-8,10-11H,5-6,9H2,1-4H3. The second-order valence-electron chi connectivity index (χ2n) is 5.14. The Morgan fingerprint density at radius 3 is 2.22 bits per heavy atom. The molecule has 0 fully saturated rings. The van der Waals surface area contributed by atoms with Gasteiger partial charge in [-0.25, -0.2) is 0 Å². The molecular weight excluding hydrogens is 300 g/mol. The number of benzene rings is 1. The number of unbranched alkanes of at least 4 members (excludes halogenated alkanes) is 1. The molecule has 0 radical (unpaired) electrons. The molecule has 1 unspecified atom stereocenters. The predicted octanol–water partition coefficient (Wildman–Crippen LogP) is 2.98. The number of carbonyl (C=O) groups is 3. The van der Waals surface area contributed by atoms with E-state index in [2.05, 4.69) is 0 Å². The fourth-order valence-corrected chi connectivity index (χ4v) is 1.85. The van der Waals surface area contributed by atoms with Crippen molar-refractivity contribution in [3.05, 3.63) is 23.8 Å². The first-order chi connectivity index (χ1) is 10.8. The molecule has 0 aliphatic rings. The van der Waals surface area contributed by atoms with Crippen LogP contribution >= 0.6 is 0 Å². The van der Waals surface area contributed by atoms with Crippen LogP contribution in [0.25, 0.3) is 0 Å². The molecule has 23 heavy (non-hydrogen) atoms. The Hall–Kier alpha value is -2.37. The van der Waals surface area contributed by atoms with Gasteiger partial charge in [0.1, 0.15) is 0 Å². The molecule has 6 heteroatoms. The van der Waals surface area contributed by atoms with Gasteiger partial charge in [0.25, 0.3) is 0 Å². The smallest absolute Gasteiger partial charge is 0.313 e. The van der Waals surface area contributed by atoms with Crippen LogP contribution in [0.15, 0.2) is 18.2 Å². The van der Waals surface area contributed by atoms with Crippen molar-refractivity contribution in [2.45, 2.75) is 46.5 Å². The molecule has 126 valence electrons. The lowest BCUT2D eigenvalue weighted by atomic mass is 10.0. The molecule has 0 saturated heterocycles. The van der Waals surface area contributed by atoms with Crippen molar-refractivity contribution < 1.29 is 28.6 Å². The summed E-state index contributed by atoms with van der Waals surface area (Å²) < 4.78 is 15.2. The van der Waals surface area contributed by atoms with Crippen LogP contribution in [0, 0.1) is 0 Å². The first kappa shape index (κ1) is 18.7. The molecule has 0 spiro atoms. The van der Waals surface area contributed by atoms with Crippen LogP contribution in [0.1, 0.15) is 52.0 Å². The van der Waals surface area contributed by atoms with Gasteiger partial charge < -0.3 is 14.2 Å². The Balaban J connectivity index is 2.96. The number of carbonyl (C=O) groups excluding carboxylic acids is 3. The van der Waals surface area contributed by atoms with E-state index >= 15 is 0 Å². The molecule has 1 atom stereocenters. The Bertz CT molecular complexity index is 578. The number of rotatable bonds is 7. The van der Waals surface area contributed by atoms with Gasteiger partial charge in [-0.15, -0.1) is 0 Å². The van der Waals surface area contributed by atoms with E-state index in [0.29, 0.717) is 12.2 Å². The van der Waals surface area contributed by atoms with Crippen molar-refractivity contribution in [2.75, 3.05) is 6.61 Å². The maximum absolute atomic E-state index is 12.0. The van der Waals surface area contributed by atoms with Gasteiger partial charge in [-0.3, -0.25) is 14.4 Å². The first-order valence-electron chi connectivity index (χ1n) is 7.52. The van der Waals surface area contributed by atoms with Gasteiger partial charge in [0.2, 0.25) is 0 Å². The number of hydrogen-bond acceptors (Lipinski definition) is 6. The Labute approximate surface area is 135 Å². The van der Waals surface area contributed by atoms with Gasteiger partial charge in [0.05, 0.1) is 12.5 Å². The summed E-state index contributed by atoms with van der Waals surface area (Å²) >= 11 is 0. The number of hydrogen-bond donors (Lipinski definition) is 0. The molecule has 1 rings (SSSR count). The fourth-order valence-electron chi connectivity index (χ4n) is 1.85. The molecule has 0 aliphatic carbocycles. The molecule has 0 N–H and O–H groups in total. The normalized spacial score (nSPS) is 11.5. The minimum Gasteiger partial charge on any atom is -0.465 e. The average molecular weight is 322 g/mol. The van der Waals surface area contributed by atoms with E-state index in [1.165, 1.54) is 26.0 Å². The highest BCUT2D eigenvalue weighted by Crippen LogP contribution is 2.32. The van der Waals surface area contributed by atoms with E-state index in [1.807, 2.05) is 6.92 Å². The summed E-state index contributed by atoms with van der Waals surface area (Å²) in [5.74, 6) is -1.73. The van der Waals surface area contributed by atoms with Gasteiger partial charge in [-0.05, 0) is 31.0 Å². The third-order valence-electron chi connectivity index (χ3n) is 3.07. The topological polar surface area (TPSA) is 78.9 Å². The van der Waals surface area contributed by atoms with Crippen LogP contribution in [0.3, 0.4) is 0 Å². The van der Waals surface area contributed by atoms with E-state index in [-0.39, 0.29) is 17.5 Å². The third-order valence-corrected chi connectivity index (χ3v) is 3.07. The highest BCUT2D eigenvalue weighted by atomic mass is 16.6. The van der Waals surface area contributed by atoms with Gasteiger partial charge >= 0.3 is 17.9 Å². The van der Waals surface area contributed by atoms with Crippen LogP contribution in [-0.4, -0.2) is 24.5 Å². The predicted molar refractivity (Wildman–Crippen MR) is 83.3 cm³/mol. The molecule has 0 amide bonds. The maximum atomic E-state index is 12.0. The fraction of sp³-hybridized carbons (Fsp3) is 0.471. The van der Waals surface area contributed by atoms with E-state index in [9.17, 15) is 14.4 Å². The second-order valence-corrected chi connectivity index (χ2v) is 5.14. The van der Waals surface area contributed by atoms with Crippen molar-refractivity contribution in [1.29, 1.82) is 0 Å². The summed E-state index contributed by atoms with van der Waals surface area (Å²) in [6, 6.07) is 4.63. The van der Waals surface area contributed by atoms with Crippen molar-refractivity contribution in [1.82, 2.24) is 0 Å². The van der Waals surface area contributed by atoms with Crippen molar-refractivity contribution in [3.8, 4) is 11.5 Å². The first-order valence-corrected chi connectivity index (χ1v) is 7.52. The van der Waals surface area contributed by atoms with Gasteiger partial charge in [-0.1, -0.05) is 19.4 Å². The van der Waals surface area contributed by atoms with Crippen molar-refractivity contribution >= 4 is 17.9 Å². The summed E-state index contributed by atoms with van der Waals surface area (Å²) in [5.41, 5.74) is 0.610. The highest BCUT2D eigenvalue weighted by Gasteiger charge is 2.20. The zero-order valence-electron chi connectivity index (χ0n) is 13.9. The van der Waals surface area contributed by atoms with E-state index in [4.69, 9.17) is 14.2 Å². The van der Waals surface area contributed by atoms with Crippen LogP contribution < -0.4 is 9.47 Å². The van der Waals surface area contributed by atoms with Crippen molar-refractivity contribution in [3.63, 3.8) is 0 Å². The molecule has 0 aromatic heterocycles. The number of ether oxygens (including phenoxy) is 3. The molecule has 0 aliphatic heterocycles. The minimum absolute atomic E-state index is 0.0957. The van der Waals surface area contributed by atoms with Crippen LogP contribution in [0.5, 0.6) is 11.5 Å². The molecular formula is C17H22O6. The summed E-state index contributed by atoms with van der Waals surface area (Å²) in [7, 11) is 0. The van der Waals surface area contributed by atoms with Crippen LogP contribution in [0.4, 0.5) is 0 Å². The van der Waals surface area contributed by atoms with Crippen LogP contribution in [0.2, 0.25) is 0 Å². The summed E-state index contributed by atoms with van der Waals surface area (Å²) in [5, 5.41) is 0. The maximum Gasteiger partial charge on any atom is 0.313 e. The summed E-state index contributed by atoms with van der Waals surface area (Å²) in [6.45, 7) is 6.58. The summed E-state index contributed by atoms with van der Waals surface area (Å²) in [4.78, 5) is 34.3. The monoisotopic (exact) mass is 322 g/mol. The second kappa shape index (κ2) is 8.92. The van der Waals surface area contributed by atoms with Crippen LogP contribution in [-0.2, 0) is 19.1 Å². The SMILES string of the molecule is CCCCOC(=O)C(C)c1ccc(OC(C)=O)c(OC(C)=O)c1. The number of esters is 3. The molecule has 1 aromatic rings. The van der Waals surface area contributed by atoms with Gasteiger partial charge in [-0.2, -0.15) is 0 Å². The lowest BCUT2D eigenvalue weighted by molar-refractivity contribution is -0.145. The zero-order chi connectivity index (χ0) is 17.4. The van der Waals surface area contributed by atoms with E-state index in [1.54, 1.807) is 13.0 Å². The quantitative estimate of drug-likeness (QED) is 0.436. The Morgan fingerprint density at radius 2 is 1.65 bits per heavy atom. The lowest BCUT2D eigenvalue weighted by Gasteiger charge is -2.14. The molecule has 1 aromatic carbocycles. The molecule has 0 heterocycles. The summed E-state index contributed by atoms with van der Waals surface area (Å²) in [6.07, 6.45) is 1.75. The van der Waals surface area contributed by atoms with E-state index in [0.717, 1.165) is 12.8 Å². The van der Waals surface area contributed by atoms with Crippen molar-refractivity contribution in [2.24, 2.45) is 0 Å². The Morgan fingerprint density at radius 1 is 1.04 bits per heavy atom. The Kier molecular flexibility index (Phi) is 7.25. The van der Waals surface area contributed by atoms with E-state index < -0.39 is 17.9 Å². The molecule has 0 bridgehead atoms.